The maximum Gasteiger partial charge on any atom is 0.282 e. The number of rotatable bonds is 2. The molecule has 0 aromatic carbocycles. The van der Waals surface area contributed by atoms with Crippen molar-refractivity contribution >= 4 is 17.7 Å². The highest BCUT2D eigenvalue weighted by molar-refractivity contribution is 6.21. The summed E-state index contributed by atoms with van der Waals surface area (Å²) in [5.74, 6) is -0.621. The maximum absolute atomic E-state index is 11.6. The third-order valence-electron chi connectivity index (χ3n) is 2.63. The van der Waals surface area contributed by atoms with E-state index in [1.165, 1.54) is 0 Å². The van der Waals surface area contributed by atoms with E-state index in [1.54, 1.807) is 0 Å². The second-order valence-electron chi connectivity index (χ2n) is 3.96. The van der Waals surface area contributed by atoms with Crippen LogP contribution in [0.2, 0.25) is 0 Å². The average molecular weight is 225 g/mol. The minimum Gasteiger partial charge on any atom is -0.369 e. The first kappa shape index (κ1) is 11.0. The summed E-state index contributed by atoms with van der Waals surface area (Å²) in [5.41, 5.74) is 3.55. The minimum absolute atomic E-state index is 0.0148. The molecule has 0 bridgehead atoms. The minimum atomic E-state index is -1.83. The number of amidine groups is 1. The van der Waals surface area contributed by atoms with Crippen LogP contribution in [0.25, 0.3) is 0 Å². The van der Waals surface area contributed by atoms with Crippen LogP contribution in [0, 0.1) is 0 Å². The van der Waals surface area contributed by atoms with Crippen LogP contribution in [-0.2, 0) is 4.79 Å². The van der Waals surface area contributed by atoms with Gasteiger partial charge in [0.25, 0.3) is 11.6 Å². The maximum atomic E-state index is 11.6. The summed E-state index contributed by atoms with van der Waals surface area (Å²) in [7, 11) is 0. The molecule has 0 aromatic heterocycles. The summed E-state index contributed by atoms with van der Waals surface area (Å²) in [5, 5.41) is 15.3. The number of amides is 1. The van der Waals surface area contributed by atoms with Gasteiger partial charge in [-0.15, -0.1) is 0 Å². The molecule has 0 fully saturated rings. The molecule has 16 heavy (non-hydrogen) atoms. The second kappa shape index (κ2) is 3.84. The van der Waals surface area contributed by atoms with Crippen molar-refractivity contribution in [3.63, 3.8) is 0 Å². The molecule has 0 aromatic rings. The fraction of sp³-hybridized carbons (Fsp3) is 0.667. The molecule has 0 saturated heterocycles. The number of hydrogen-bond acceptors (Lipinski definition) is 6. The van der Waals surface area contributed by atoms with Crippen LogP contribution in [0.3, 0.4) is 0 Å². The Hall–Kier alpha value is -1.47. The number of guanidine groups is 1. The number of carbonyl (C=O) groups is 1. The van der Waals surface area contributed by atoms with E-state index in [-0.39, 0.29) is 17.8 Å². The molecule has 2 aliphatic rings. The van der Waals surface area contributed by atoms with Gasteiger partial charge in [-0.3, -0.25) is 20.4 Å². The number of fused-ring (bicyclic) bond motifs is 1. The lowest BCUT2D eigenvalue weighted by molar-refractivity contribution is -0.136. The number of nitrogens with zero attached hydrogens (tertiary/aromatic N) is 2. The molecular weight excluding hydrogens is 210 g/mol. The molecule has 0 saturated carbocycles. The molecule has 1 unspecified atom stereocenters. The molecule has 0 aliphatic carbocycles. The van der Waals surface area contributed by atoms with Crippen molar-refractivity contribution in [1.29, 1.82) is 0 Å². The smallest absolute Gasteiger partial charge is 0.282 e. The van der Waals surface area contributed by atoms with Gasteiger partial charge >= 0.3 is 0 Å². The van der Waals surface area contributed by atoms with Crippen molar-refractivity contribution in [3.8, 4) is 0 Å². The highest BCUT2D eigenvalue weighted by atomic mass is 16.3. The predicted octanol–water partition coefficient (Wildman–Crippen LogP) is -1.71. The number of aliphatic imine (C=N–C) groups is 2. The van der Waals surface area contributed by atoms with E-state index in [1.807, 2.05) is 6.92 Å². The van der Waals surface area contributed by atoms with Crippen LogP contribution in [-0.4, -0.2) is 41.1 Å². The SMILES string of the molecule is CCC[C@H]1CN=C2N=C(N)NC(=O)C2(O)N1. The van der Waals surface area contributed by atoms with Crippen LogP contribution in [0.4, 0.5) is 0 Å². The number of aliphatic hydroxyl groups is 1. The molecule has 0 spiro atoms. The molecule has 2 aliphatic heterocycles. The zero-order valence-electron chi connectivity index (χ0n) is 9.03. The largest absolute Gasteiger partial charge is 0.369 e. The van der Waals surface area contributed by atoms with Crippen LogP contribution >= 0.6 is 0 Å². The van der Waals surface area contributed by atoms with E-state index in [9.17, 15) is 9.90 Å². The van der Waals surface area contributed by atoms with Crippen LogP contribution in [0.5, 0.6) is 0 Å². The van der Waals surface area contributed by atoms with E-state index in [4.69, 9.17) is 5.73 Å². The van der Waals surface area contributed by atoms with Crippen molar-refractivity contribution < 1.29 is 9.90 Å². The van der Waals surface area contributed by atoms with Gasteiger partial charge in [-0.25, -0.2) is 0 Å². The van der Waals surface area contributed by atoms with E-state index >= 15 is 0 Å². The zero-order chi connectivity index (χ0) is 11.8. The Bertz CT molecular complexity index is 378. The summed E-state index contributed by atoms with van der Waals surface area (Å²) in [4.78, 5) is 19.6. The van der Waals surface area contributed by atoms with E-state index < -0.39 is 11.6 Å². The summed E-state index contributed by atoms with van der Waals surface area (Å²) in [6, 6.07) is -0.0148. The standard InChI is InChI=1S/C9H15N5O2/c1-2-3-5-4-11-6-9(16,14-5)7(15)13-8(10)12-6/h5,14,16H,2-4H2,1H3,(H3,10,11,12,13,15)/t5-,9?/m0/s1. The Labute approximate surface area is 92.8 Å². The molecular formula is C9H15N5O2. The first-order chi connectivity index (χ1) is 7.56. The van der Waals surface area contributed by atoms with Crippen LogP contribution in [0.15, 0.2) is 9.98 Å². The third-order valence-corrected chi connectivity index (χ3v) is 2.63. The van der Waals surface area contributed by atoms with Crippen molar-refractivity contribution in [2.24, 2.45) is 15.7 Å². The first-order valence-corrected chi connectivity index (χ1v) is 5.27. The fourth-order valence-corrected chi connectivity index (χ4v) is 1.86. The second-order valence-corrected chi connectivity index (χ2v) is 3.96. The van der Waals surface area contributed by atoms with E-state index in [0.717, 1.165) is 12.8 Å². The molecule has 7 nitrogen and oxygen atoms in total. The zero-order valence-corrected chi connectivity index (χ0v) is 9.03. The topological polar surface area (TPSA) is 112 Å². The fourth-order valence-electron chi connectivity index (χ4n) is 1.86. The molecule has 2 heterocycles. The van der Waals surface area contributed by atoms with Gasteiger partial charge in [-0.2, -0.15) is 4.99 Å². The Morgan fingerprint density at radius 2 is 2.44 bits per heavy atom. The van der Waals surface area contributed by atoms with Gasteiger partial charge in [0.2, 0.25) is 5.96 Å². The number of nitrogens with one attached hydrogen (secondary N) is 2. The van der Waals surface area contributed by atoms with Gasteiger partial charge < -0.3 is 10.8 Å². The van der Waals surface area contributed by atoms with E-state index in [0.29, 0.717) is 6.54 Å². The van der Waals surface area contributed by atoms with Gasteiger partial charge in [-0.1, -0.05) is 13.3 Å². The summed E-state index contributed by atoms with van der Waals surface area (Å²) in [6.07, 6.45) is 1.79. The molecule has 2 rings (SSSR count). The van der Waals surface area contributed by atoms with Gasteiger partial charge in [0.05, 0.1) is 6.54 Å². The Morgan fingerprint density at radius 3 is 3.12 bits per heavy atom. The van der Waals surface area contributed by atoms with Crippen molar-refractivity contribution in [2.75, 3.05) is 6.54 Å². The summed E-state index contributed by atoms with van der Waals surface area (Å²) >= 11 is 0. The average Bonchev–Trinajstić information content (AvgIpc) is 2.21. The third kappa shape index (κ3) is 1.68. The highest BCUT2D eigenvalue weighted by Crippen LogP contribution is 2.17. The number of carbonyl (C=O) groups excluding carboxylic acids is 1. The molecule has 2 atom stereocenters. The van der Waals surface area contributed by atoms with Crippen LogP contribution < -0.4 is 16.4 Å². The molecule has 0 radical (unpaired) electrons. The van der Waals surface area contributed by atoms with Gasteiger partial charge in [0, 0.05) is 6.04 Å². The van der Waals surface area contributed by atoms with Crippen molar-refractivity contribution in [1.82, 2.24) is 10.6 Å². The molecule has 1 amide bonds. The van der Waals surface area contributed by atoms with Gasteiger partial charge in [0.15, 0.2) is 5.84 Å². The monoisotopic (exact) mass is 225 g/mol. The van der Waals surface area contributed by atoms with Gasteiger partial charge in [0.1, 0.15) is 0 Å². The van der Waals surface area contributed by atoms with Crippen molar-refractivity contribution in [3.05, 3.63) is 0 Å². The molecule has 88 valence electrons. The normalized spacial score (nSPS) is 33.6. The summed E-state index contributed by atoms with van der Waals surface area (Å²) in [6.45, 7) is 2.53. The quantitative estimate of drug-likeness (QED) is 0.448. The lowest BCUT2D eigenvalue weighted by Crippen LogP contribution is -2.70. The Kier molecular flexibility index (Phi) is 2.64. The predicted molar refractivity (Wildman–Crippen MR) is 58.8 cm³/mol. The number of nitrogens with two attached hydrogens (primary N) is 1. The molecule has 5 N–H and O–H groups in total. The Morgan fingerprint density at radius 1 is 1.69 bits per heavy atom. The Balaban J connectivity index is 2.29. The van der Waals surface area contributed by atoms with Crippen LogP contribution in [0.1, 0.15) is 19.8 Å². The van der Waals surface area contributed by atoms with Crippen molar-refractivity contribution in [2.45, 2.75) is 31.5 Å². The lowest BCUT2D eigenvalue weighted by atomic mass is 10.0. The molecule has 7 heteroatoms. The highest BCUT2D eigenvalue weighted by Gasteiger charge is 2.48. The first-order valence-electron chi connectivity index (χ1n) is 5.27. The number of hydrogen-bond donors (Lipinski definition) is 4. The van der Waals surface area contributed by atoms with E-state index in [2.05, 4.69) is 20.6 Å². The van der Waals surface area contributed by atoms with Gasteiger partial charge in [-0.05, 0) is 6.42 Å². The lowest BCUT2D eigenvalue weighted by Gasteiger charge is -2.36. The summed E-state index contributed by atoms with van der Waals surface area (Å²) < 4.78 is 0.